The van der Waals surface area contributed by atoms with Crippen molar-refractivity contribution in [2.24, 2.45) is 25.5 Å². The molecule has 0 aliphatic carbocycles. The number of anilines is 10. The summed E-state index contributed by atoms with van der Waals surface area (Å²) in [6, 6.07) is 132. The highest BCUT2D eigenvalue weighted by molar-refractivity contribution is 6.00. The number of hydrogen-bond acceptors (Lipinski definition) is 10. The van der Waals surface area contributed by atoms with E-state index in [-0.39, 0.29) is 0 Å². The first-order chi connectivity index (χ1) is 63.5. The minimum Gasteiger partial charge on any atom is -0.234 e. The molecule has 0 saturated carbocycles. The Hall–Kier alpha value is -14.4. The van der Waals surface area contributed by atoms with Crippen LogP contribution in [0.3, 0.4) is 0 Å². The zero-order valence-electron chi connectivity index (χ0n) is 79.1. The summed E-state index contributed by atoms with van der Waals surface area (Å²) in [6.07, 6.45) is 16.1. The molecule has 130 heavy (non-hydrogen) atoms. The zero-order valence-corrected chi connectivity index (χ0v) is 79.1. The average Bonchev–Trinajstić information content (AvgIpc) is 0.928. The first kappa shape index (κ1) is 96.3. The number of hydrogen-bond donors (Lipinski definition) is 0. The molecule has 0 aliphatic heterocycles. The summed E-state index contributed by atoms with van der Waals surface area (Å²) >= 11 is 0. The maximum absolute atomic E-state index is 4.98. The molecule has 0 N–H and O–H groups in total. The highest BCUT2D eigenvalue weighted by Gasteiger charge is 2.16. The van der Waals surface area contributed by atoms with Gasteiger partial charge in [-0.15, -0.1) is 0 Å². The van der Waals surface area contributed by atoms with Crippen LogP contribution in [0, 0.1) is 20.8 Å². The lowest BCUT2D eigenvalue weighted by molar-refractivity contribution is 1.06. The third kappa shape index (κ3) is 29.1. The molecule has 0 heterocycles. The van der Waals surface area contributed by atoms with E-state index >= 15 is 0 Å². The van der Waals surface area contributed by atoms with E-state index < -0.39 is 0 Å². The van der Waals surface area contributed by atoms with E-state index in [4.69, 9.17) is 25.5 Å². The van der Waals surface area contributed by atoms with Crippen LogP contribution in [0.4, 0.5) is 56.9 Å². The van der Waals surface area contributed by atoms with Crippen molar-refractivity contribution < 1.29 is 0 Å². The predicted octanol–water partition coefficient (Wildman–Crippen LogP) is 31.6. The van der Waals surface area contributed by atoms with E-state index in [1.165, 1.54) is 72.3 Å². The smallest absolute Gasteiger partial charge is 0.0655 e. The largest absolute Gasteiger partial charge is 0.234 e. The average molecular weight is 1710 g/mol. The van der Waals surface area contributed by atoms with Crippen LogP contribution in [0.2, 0.25) is 0 Å². The fourth-order valence-corrected chi connectivity index (χ4v) is 14.2. The normalized spacial score (nSPS) is 11.2. The van der Waals surface area contributed by atoms with Crippen molar-refractivity contribution in [3.05, 3.63) is 476 Å². The van der Waals surface area contributed by atoms with Crippen molar-refractivity contribution in [2.45, 2.75) is 168 Å². The topological polar surface area (TPSA) is 78.0 Å². The minimum absolute atomic E-state index is 0.990. The van der Waals surface area contributed by atoms with Gasteiger partial charge in [-0.25, -0.2) is 25.0 Å². The molecule has 0 radical (unpaired) electrons. The summed E-state index contributed by atoms with van der Waals surface area (Å²) in [7, 11) is 0. The fraction of sp³-hybridized carbons (Fsp3) is 0.208. The molecule has 0 aliphatic rings. The lowest BCUT2D eigenvalue weighted by Crippen LogP contribution is -2.12. The Morgan fingerprint density at radius 1 is 0.185 bits per heavy atom. The lowest BCUT2D eigenvalue weighted by atomic mass is 10.1. The second-order valence-corrected chi connectivity index (χ2v) is 32.3. The molecule has 660 valence electrons. The Balaban J connectivity index is 0.000000157. The Bertz CT molecular complexity index is 5590. The zero-order chi connectivity index (χ0) is 91.8. The van der Waals surface area contributed by atoms with Crippen molar-refractivity contribution in [3.63, 3.8) is 0 Å². The lowest BCUT2D eigenvalue weighted by Gasteiger charge is -2.21. The molecule has 0 bridgehead atoms. The number of nitrogens with zero attached hydrogens (tertiary/aromatic N) is 10. The highest BCUT2D eigenvalue weighted by atomic mass is 15.5. The van der Waals surface area contributed by atoms with Gasteiger partial charge in [0.15, 0.2) is 0 Å². The van der Waals surface area contributed by atoms with Gasteiger partial charge in [0.05, 0.1) is 86.9 Å². The molecule has 0 fully saturated rings. The molecule has 0 amide bonds. The van der Waals surface area contributed by atoms with Crippen LogP contribution in [-0.4, -0.2) is 30.1 Å². The summed E-state index contributed by atoms with van der Waals surface area (Å²) in [6.45, 7) is 32.2. The molecule has 0 spiro atoms. The summed E-state index contributed by atoms with van der Waals surface area (Å²) < 4.78 is 0. The minimum atomic E-state index is 0.990. The molecule has 15 aromatic carbocycles. The predicted molar refractivity (Wildman–Crippen MR) is 563 cm³/mol. The van der Waals surface area contributed by atoms with Gasteiger partial charge in [0.25, 0.3) is 0 Å². The molecular formula is C120H130N10. The first-order valence-corrected chi connectivity index (χ1v) is 46.4. The van der Waals surface area contributed by atoms with Crippen LogP contribution in [0.25, 0.3) is 0 Å². The molecule has 10 heteroatoms. The Kier molecular flexibility index (Phi) is 37.7. The van der Waals surface area contributed by atoms with E-state index in [0.29, 0.717) is 0 Å². The van der Waals surface area contributed by atoms with Gasteiger partial charge in [0, 0.05) is 0 Å². The van der Waals surface area contributed by atoms with Crippen LogP contribution in [-0.2, 0) is 64.2 Å². The molecule has 0 saturated heterocycles. The fourth-order valence-electron chi connectivity index (χ4n) is 14.2. The molecule has 0 aromatic heterocycles. The molecular weight excluding hydrogens is 1580 g/mol. The van der Waals surface area contributed by atoms with Gasteiger partial charge < -0.3 is 0 Å². The van der Waals surface area contributed by atoms with Crippen LogP contribution >= 0.6 is 0 Å². The van der Waals surface area contributed by atoms with Crippen molar-refractivity contribution in [3.8, 4) is 0 Å². The maximum atomic E-state index is 4.98. The maximum Gasteiger partial charge on any atom is 0.0655 e. The SMILES string of the molecule is CCc1ccc(N(/N=C(\C)c2ccc(C)cc2)c2ccc(CC)cc2)cc1.CCc1ccc(N(/N=C(\C)c2ccccc2)c2ccc(CC)cc2)cc1.CCc1ccc(N(/N=C/c2ccc(C)cc2)c2ccc(CC)cc2)cc1.CCc1ccc(N(/N=C/c2ccc(C)cc2)c2ccc(CC)cc2)cc1.CCc1ccc(N(/N=C/c2ccccc2)c2ccc(CC)cc2)cc1. The van der Waals surface area contributed by atoms with Gasteiger partial charge >= 0.3 is 0 Å². The standard InChI is InChI=1S/C25H28N2.3C24H26N2.C23H24N2/c1-5-21-9-15-24(16-10-21)27(25-17-11-22(6-2)12-18-25)26-20(4)23-13-7-19(3)8-14-23;2*1-4-20-10-14-23(15-11-20)26(24-16-12-21(5-2)13-17-24)25-18-22-8-6-19(3)7-9-22;1-4-20-11-15-23(16-12-20)26(24-17-13-21(5-2)14-18-24)25-19(3)22-9-7-6-8-10-22;1-3-19-10-14-22(15-11-19)25(23-16-12-20(4-2)13-17-23)24-18-21-8-6-5-7-9-21/h7-18H,5-6H2,1-4H3;3*6-18H,4-5H2,1-3H3;5-18H,3-4H2,1-2H3/b26-20+;2*25-18+;25-19+;24-18+. The van der Waals surface area contributed by atoms with Crippen molar-refractivity contribution >= 4 is 86.9 Å². The molecule has 0 unspecified atom stereocenters. The van der Waals surface area contributed by atoms with E-state index in [1.54, 1.807) is 0 Å². The van der Waals surface area contributed by atoms with Gasteiger partial charge in [-0.05, 0) is 304 Å². The van der Waals surface area contributed by atoms with E-state index in [9.17, 15) is 0 Å². The summed E-state index contributed by atoms with van der Waals surface area (Å²) in [5.41, 5.74) is 35.3. The van der Waals surface area contributed by atoms with E-state index in [1.807, 2.05) is 80.1 Å². The van der Waals surface area contributed by atoms with Gasteiger partial charge in [0.1, 0.15) is 0 Å². The van der Waals surface area contributed by atoms with Crippen LogP contribution in [0.15, 0.2) is 402 Å². The number of aryl methyl sites for hydroxylation is 13. The second-order valence-electron chi connectivity index (χ2n) is 32.3. The molecule has 15 aromatic rings. The summed E-state index contributed by atoms with van der Waals surface area (Å²) in [4.78, 5) is 0. The van der Waals surface area contributed by atoms with Crippen LogP contribution in [0.1, 0.15) is 183 Å². The van der Waals surface area contributed by atoms with Crippen molar-refractivity contribution in [1.82, 2.24) is 0 Å². The highest BCUT2D eigenvalue weighted by Crippen LogP contribution is 2.34. The van der Waals surface area contributed by atoms with E-state index in [2.05, 4.69) is 444 Å². The summed E-state index contributed by atoms with van der Waals surface area (Å²) in [5, 5.41) is 34.3. The summed E-state index contributed by atoms with van der Waals surface area (Å²) in [5.74, 6) is 0. The molecule has 0 atom stereocenters. The van der Waals surface area contributed by atoms with Crippen molar-refractivity contribution in [2.75, 3.05) is 25.0 Å². The molecule has 10 nitrogen and oxygen atoms in total. The third-order valence-corrected chi connectivity index (χ3v) is 23.0. The van der Waals surface area contributed by atoms with Gasteiger partial charge in [-0.1, -0.05) is 341 Å². The Morgan fingerprint density at radius 3 is 0.538 bits per heavy atom. The van der Waals surface area contributed by atoms with Gasteiger partial charge in [-0.2, -0.15) is 25.5 Å². The first-order valence-electron chi connectivity index (χ1n) is 46.4. The quantitative estimate of drug-likeness (QED) is 0.0331. The van der Waals surface area contributed by atoms with Gasteiger partial charge in [0.2, 0.25) is 0 Å². The van der Waals surface area contributed by atoms with Gasteiger partial charge in [-0.3, -0.25) is 0 Å². The number of benzene rings is 15. The Morgan fingerprint density at radius 2 is 0.346 bits per heavy atom. The van der Waals surface area contributed by atoms with Crippen LogP contribution in [0.5, 0.6) is 0 Å². The Labute approximate surface area is 776 Å². The monoisotopic (exact) mass is 1710 g/mol. The second kappa shape index (κ2) is 50.9. The van der Waals surface area contributed by atoms with Crippen LogP contribution < -0.4 is 25.0 Å². The third-order valence-electron chi connectivity index (χ3n) is 23.0. The molecule has 15 rings (SSSR count). The van der Waals surface area contributed by atoms with E-state index in [0.717, 1.165) is 160 Å². The van der Waals surface area contributed by atoms with Crippen molar-refractivity contribution in [1.29, 1.82) is 0 Å². The number of hydrazone groups is 5. The number of rotatable bonds is 30.